The molecular weight excluding hydrogens is 354 g/mol. The molecule has 7 heteroatoms. The van der Waals surface area contributed by atoms with E-state index in [0.29, 0.717) is 30.2 Å². The lowest BCUT2D eigenvalue weighted by molar-refractivity contribution is -0.148. The van der Waals surface area contributed by atoms with Crippen LogP contribution in [0.4, 0.5) is 0 Å². The minimum atomic E-state index is -0.440. The van der Waals surface area contributed by atoms with Crippen LogP contribution in [0.1, 0.15) is 55.2 Å². The molecule has 0 radical (unpaired) electrons. The molecule has 2 heterocycles. The molecule has 4 rings (SSSR count). The van der Waals surface area contributed by atoms with E-state index in [9.17, 15) is 9.90 Å². The smallest absolute Gasteiger partial charge is 0.307 e. The van der Waals surface area contributed by atoms with Crippen molar-refractivity contribution in [3.63, 3.8) is 0 Å². The van der Waals surface area contributed by atoms with Crippen molar-refractivity contribution in [2.75, 3.05) is 6.61 Å². The number of aromatic nitrogens is 3. The average Bonchev–Trinajstić information content (AvgIpc) is 3.29. The van der Waals surface area contributed by atoms with Crippen LogP contribution in [-0.4, -0.2) is 38.0 Å². The maximum atomic E-state index is 12.0. The predicted octanol–water partition coefficient (Wildman–Crippen LogP) is 2.86. The summed E-state index contributed by atoms with van der Waals surface area (Å²) in [5, 5.41) is 14.7. The first-order chi connectivity index (χ1) is 12.6. The van der Waals surface area contributed by atoms with Gasteiger partial charge in [0, 0.05) is 11.4 Å². The van der Waals surface area contributed by atoms with Crippen LogP contribution in [0.2, 0.25) is 5.02 Å². The number of hydrogen-bond donors (Lipinski definition) is 1. The first-order valence-corrected chi connectivity index (χ1v) is 9.48. The van der Waals surface area contributed by atoms with E-state index < -0.39 is 5.60 Å². The van der Waals surface area contributed by atoms with Crippen molar-refractivity contribution in [3.8, 4) is 0 Å². The van der Waals surface area contributed by atoms with Gasteiger partial charge in [0.2, 0.25) is 0 Å². The maximum Gasteiger partial charge on any atom is 0.307 e. The van der Waals surface area contributed by atoms with Crippen LogP contribution >= 0.6 is 11.6 Å². The largest absolute Gasteiger partial charge is 0.458 e. The molecule has 1 aliphatic heterocycles. The second kappa shape index (κ2) is 7.00. The predicted molar refractivity (Wildman–Crippen MR) is 96.0 cm³/mol. The van der Waals surface area contributed by atoms with E-state index in [-0.39, 0.29) is 18.5 Å². The topological polar surface area (TPSA) is 77.2 Å². The Labute approximate surface area is 157 Å². The average molecular weight is 376 g/mol. The molecule has 1 spiro atoms. The third-order valence-corrected chi connectivity index (χ3v) is 5.63. The number of benzene rings is 1. The van der Waals surface area contributed by atoms with Gasteiger partial charge in [0.15, 0.2) is 5.82 Å². The number of ether oxygens (including phenoxy) is 1. The number of rotatable bonds is 5. The summed E-state index contributed by atoms with van der Waals surface area (Å²) in [6.45, 7) is 0.333. The molecule has 138 valence electrons. The molecule has 0 amide bonds. The fourth-order valence-corrected chi connectivity index (χ4v) is 4.48. The quantitative estimate of drug-likeness (QED) is 0.813. The van der Waals surface area contributed by atoms with Crippen molar-refractivity contribution >= 4 is 17.6 Å². The fourth-order valence-electron chi connectivity index (χ4n) is 4.27. The molecule has 26 heavy (non-hydrogen) atoms. The molecule has 2 fully saturated rings. The normalized spacial score (nSPS) is 21.5. The lowest BCUT2D eigenvalue weighted by Gasteiger charge is -2.28. The number of aliphatic hydroxyl groups is 1. The lowest BCUT2D eigenvalue weighted by Crippen LogP contribution is -2.32. The first kappa shape index (κ1) is 17.5. The zero-order chi connectivity index (χ0) is 18.1. The van der Waals surface area contributed by atoms with Crippen molar-refractivity contribution in [2.45, 2.75) is 56.6 Å². The van der Waals surface area contributed by atoms with E-state index in [1.807, 2.05) is 24.3 Å². The minimum Gasteiger partial charge on any atom is -0.458 e. The van der Waals surface area contributed by atoms with Gasteiger partial charge in [0.1, 0.15) is 11.4 Å². The standard InChI is InChI=1S/C19H22ClN3O3/c20-14-5-3-4-13(10-14)11-16-21-18(23(22-16)8-9-24)15-12-17(25)26-19(15)6-1-2-7-19/h3-5,10,15,24H,1-2,6-9,11-12H2. The Balaban J connectivity index is 1.66. The molecule has 2 aromatic rings. The van der Waals surface area contributed by atoms with Gasteiger partial charge in [0.05, 0.1) is 25.5 Å². The molecule has 6 nitrogen and oxygen atoms in total. The molecule has 1 atom stereocenters. The molecule has 1 saturated carbocycles. The van der Waals surface area contributed by atoms with Crippen LogP contribution in [0.3, 0.4) is 0 Å². The summed E-state index contributed by atoms with van der Waals surface area (Å²) < 4.78 is 7.50. The zero-order valence-corrected chi connectivity index (χ0v) is 15.3. The molecular formula is C19H22ClN3O3. The highest BCUT2D eigenvalue weighted by atomic mass is 35.5. The van der Waals surface area contributed by atoms with Gasteiger partial charge in [0.25, 0.3) is 0 Å². The van der Waals surface area contributed by atoms with E-state index in [4.69, 9.17) is 21.3 Å². The minimum absolute atomic E-state index is 0.0263. The lowest BCUT2D eigenvalue weighted by atomic mass is 9.85. The number of halogens is 1. The van der Waals surface area contributed by atoms with Gasteiger partial charge in [-0.1, -0.05) is 23.7 Å². The molecule has 1 aromatic carbocycles. The Morgan fingerprint density at radius 1 is 1.35 bits per heavy atom. The summed E-state index contributed by atoms with van der Waals surface area (Å²) in [7, 11) is 0. The molecule has 1 saturated heterocycles. The summed E-state index contributed by atoms with van der Waals surface area (Å²) >= 11 is 6.07. The first-order valence-electron chi connectivity index (χ1n) is 9.10. The van der Waals surface area contributed by atoms with Crippen LogP contribution in [0.5, 0.6) is 0 Å². The van der Waals surface area contributed by atoms with Crippen molar-refractivity contribution in [3.05, 3.63) is 46.5 Å². The van der Waals surface area contributed by atoms with Crippen molar-refractivity contribution in [2.24, 2.45) is 0 Å². The van der Waals surface area contributed by atoms with Crippen molar-refractivity contribution < 1.29 is 14.6 Å². The van der Waals surface area contributed by atoms with Gasteiger partial charge in [-0.3, -0.25) is 4.79 Å². The fraction of sp³-hybridized carbons (Fsp3) is 0.526. The summed E-state index contributed by atoms with van der Waals surface area (Å²) in [6, 6.07) is 7.62. The summed E-state index contributed by atoms with van der Waals surface area (Å²) in [5.41, 5.74) is 0.588. The molecule has 1 unspecified atom stereocenters. The maximum absolute atomic E-state index is 12.0. The van der Waals surface area contributed by atoms with E-state index in [0.717, 1.165) is 37.1 Å². The second-order valence-electron chi connectivity index (χ2n) is 7.14. The van der Waals surface area contributed by atoms with E-state index >= 15 is 0 Å². The van der Waals surface area contributed by atoms with E-state index in [1.165, 1.54) is 0 Å². The van der Waals surface area contributed by atoms with Gasteiger partial charge in [-0.25, -0.2) is 9.67 Å². The Morgan fingerprint density at radius 3 is 2.88 bits per heavy atom. The van der Waals surface area contributed by atoms with Gasteiger partial charge in [-0.15, -0.1) is 0 Å². The second-order valence-corrected chi connectivity index (χ2v) is 7.58. The highest BCUT2D eigenvalue weighted by molar-refractivity contribution is 6.30. The SMILES string of the molecule is O=C1CC(c2nc(Cc3cccc(Cl)c3)nn2CCO)C2(CCCC2)O1. The van der Waals surface area contributed by atoms with Crippen molar-refractivity contribution in [1.82, 2.24) is 14.8 Å². The van der Waals surface area contributed by atoms with Gasteiger partial charge >= 0.3 is 5.97 Å². The molecule has 1 N–H and O–H groups in total. The number of carbonyl (C=O) groups excluding carboxylic acids is 1. The number of aliphatic hydroxyl groups excluding tert-OH is 1. The molecule has 1 aliphatic carbocycles. The van der Waals surface area contributed by atoms with Crippen LogP contribution in [0.25, 0.3) is 0 Å². The van der Waals surface area contributed by atoms with Crippen LogP contribution in [0.15, 0.2) is 24.3 Å². The monoisotopic (exact) mass is 375 g/mol. The Kier molecular flexibility index (Phi) is 4.71. The van der Waals surface area contributed by atoms with Crippen molar-refractivity contribution in [1.29, 1.82) is 0 Å². The summed E-state index contributed by atoms with van der Waals surface area (Å²) in [5.74, 6) is 1.17. The number of esters is 1. The molecule has 1 aromatic heterocycles. The number of carbonyl (C=O) groups is 1. The Hall–Kier alpha value is -1.92. The summed E-state index contributed by atoms with van der Waals surface area (Å²) in [4.78, 5) is 16.8. The van der Waals surface area contributed by atoms with Crippen LogP contribution in [-0.2, 0) is 22.5 Å². The molecule has 2 aliphatic rings. The third-order valence-electron chi connectivity index (χ3n) is 5.39. The highest BCUT2D eigenvalue weighted by Gasteiger charge is 2.53. The van der Waals surface area contributed by atoms with Crippen LogP contribution < -0.4 is 0 Å². The highest BCUT2D eigenvalue weighted by Crippen LogP contribution is 2.49. The van der Waals surface area contributed by atoms with Gasteiger partial charge in [-0.05, 0) is 43.4 Å². The van der Waals surface area contributed by atoms with Gasteiger partial charge in [-0.2, -0.15) is 5.10 Å². The zero-order valence-electron chi connectivity index (χ0n) is 14.5. The summed E-state index contributed by atoms with van der Waals surface area (Å²) in [6.07, 6.45) is 4.76. The van der Waals surface area contributed by atoms with E-state index in [1.54, 1.807) is 4.68 Å². The van der Waals surface area contributed by atoms with Crippen LogP contribution in [0, 0.1) is 0 Å². The third kappa shape index (κ3) is 3.23. The Bertz CT molecular complexity index is 814. The Morgan fingerprint density at radius 2 is 2.15 bits per heavy atom. The number of nitrogens with zero attached hydrogens (tertiary/aromatic N) is 3. The molecule has 0 bridgehead atoms. The number of hydrogen-bond acceptors (Lipinski definition) is 5. The van der Waals surface area contributed by atoms with Gasteiger partial charge < -0.3 is 9.84 Å². The van der Waals surface area contributed by atoms with E-state index in [2.05, 4.69) is 5.10 Å².